The topological polar surface area (TPSA) is 55.2 Å². The summed E-state index contributed by atoms with van der Waals surface area (Å²) in [6, 6.07) is 0. The van der Waals surface area contributed by atoms with Gasteiger partial charge in [0.15, 0.2) is 0 Å². The number of allylic oxidation sites excluding steroid dienone is 2. The molecule has 4 nitrogen and oxygen atoms in total. The minimum Gasteiger partial charge on any atom is -0.315 e. The van der Waals surface area contributed by atoms with Gasteiger partial charge in [-0.05, 0) is 6.08 Å². The maximum atomic E-state index is 10.3. The quantitative estimate of drug-likeness (QED) is 0.300. The van der Waals surface area contributed by atoms with E-state index in [1.54, 1.807) is 12.2 Å². The first kappa shape index (κ1) is 7.27. The highest BCUT2D eigenvalue weighted by Crippen LogP contribution is 2.18. The van der Waals surface area contributed by atoms with Gasteiger partial charge in [0.1, 0.15) is 0 Å². The van der Waals surface area contributed by atoms with Gasteiger partial charge in [0, 0.05) is 28.2 Å². The van der Waals surface area contributed by atoms with Crippen LogP contribution in [0.25, 0.3) is 0 Å². The molecule has 5 heteroatoms. The number of halogens is 1. The van der Waals surface area contributed by atoms with Gasteiger partial charge in [0.25, 0.3) is 0 Å². The van der Waals surface area contributed by atoms with Crippen LogP contribution in [0, 0.1) is 10.1 Å². The molecule has 0 aromatic rings. The van der Waals surface area contributed by atoms with Crippen molar-refractivity contribution < 1.29 is 4.92 Å². The SMILES string of the molecule is O=[N+]([O-])C1(Br)C=CC=CN1. The molecule has 0 aromatic carbocycles. The maximum absolute atomic E-state index is 10.3. The summed E-state index contributed by atoms with van der Waals surface area (Å²) in [4.78, 5) is 9.84. The fraction of sp³-hybridized carbons (Fsp3) is 0.200. The fourth-order valence-electron chi connectivity index (χ4n) is 0.565. The van der Waals surface area contributed by atoms with Crippen molar-refractivity contribution in [1.29, 1.82) is 0 Å². The summed E-state index contributed by atoms with van der Waals surface area (Å²) in [6.07, 6.45) is 6.22. The molecule has 0 amide bonds. The maximum Gasteiger partial charge on any atom is 0.367 e. The largest absolute Gasteiger partial charge is 0.367 e. The van der Waals surface area contributed by atoms with E-state index in [-0.39, 0.29) is 0 Å². The van der Waals surface area contributed by atoms with Crippen LogP contribution in [0.3, 0.4) is 0 Å². The molecule has 1 heterocycles. The van der Waals surface area contributed by atoms with Crippen LogP contribution in [-0.4, -0.2) is 9.50 Å². The van der Waals surface area contributed by atoms with Crippen LogP contribution in [0.1, 0.15) is 0 Å². The van der Waals surface area contributed by atoms with Crippen LogP contribution in [0.5, 0.6) is 0 Å². The molecule has 0 saturated carbocycles. The van der Waals surface area contributed by atoms with Crippen molar-refractivity contribution in [3.05, 3.63) is 34.5 Å². The molecule has 0 bridgehead atoms. The Morgan fingerprint density at radius 3 is 2.60 bits per heavy atom. The molecule has 1 unspecified atom stereocenters. The zero-order valence-corrected chi connectivity index (χ0v) is 6.54. The first-order chi connectivity index (χ1) is 4.65. The molecular weight excluding hydrogens is 200 g/mol. The normalized spacial score (nSPS) is 29.7. The van der Waals surface area contributed by atoms with Gasteiger partial charge in [0.2, 0.25) is 0 Å². The predicted molar refractivity (Wildman–Crippen MR) is 40.1 cm³/mol. The molecule has 1 aliphatic rings. The zero-order valence-electron chi connectivity index (χ0n) is 4.95. The summed E-state index contributed by atoms with van der Waals surface area (Å²) in [6.45, 7) is 0. The van der Waals surface area contributed by atoms with Crippen LogP contribution in [0.4, 0.5) is 0 Å². The molecule has 1 atom stereocenters. The lowest BCUT2D eigenvalue weighted by atomic mass is 10.3. The predicted octanol–water partition coefficient (Wildman–Crippen LogP) is 0.985. The summed E-state index contributed by atoms with van der Waals surface area (Å²) in [5, 5.41) is 12.8. The van der Waals surface area contributed by atoms with Crippen molar-refractivity contribution in [2.75, 3.05) is 0 Å². The Morgan fingerprint density at radius 1 is 1.60 bits per heavy atom. The van der Waals surface area contributed by atoms with Crippen molar-refractivity contribution >= 4 is 15.9 Å². The van der Waals surface area contributed by atoms with Crippen LogP contribution < -0.4 is 5.32 Å². The lowest BCUT2D eigenvalue weighted by Crippen LogP contribution is -2.42. The van der Waals surface area contributed by atoms with Gasteiger partial charge in [-0.1, -0.05) is 6.08 Å². The Balaban J connectivity index is 2.80. The van der Waals surface area contributed by atoms with E-state index in [0.29, 0.717) is 0 Å². The smallest absolute Gasteiger partial charge is 0.315 e. The second kappa shape index (κ2) is 2.42. The highest BCUT2D eigenvalue weighted by molar-refractivity contribution is 9.10. The Bertz CT molecular complexity index is 214. The van der Waals surface area contributed by atoms with E-state index in [4.69, 9.17) is 0 Å². The van der Waals surface area contributed by atoms with E-state index in [0.717, 1.165) is 0 Å². The third-order valence-corrected chi connectivity index (χ3v) is 1.86. The summed E-state index contributed by atoms with van der Waals surface area (Å²) in [7, 11) is 0. The number of alkyl halides is 1. The van der Waals surface area contributed by atoms with Crippen molar-refractivity contribution in [3.63, 3.8) is 0 Å². The van der Waals surface area contributed by atoms with Crippen molar-refractivity contribution in [3.8, 4) is 0 Å². The molecule has 1 aliphatic heterocycles. The van der Waals surface area contributed by atoms with Crippen LogP contribution in [-0.2, 0) is 0 Å². The molecule has 1 N–H and O–H groups in total. The average Bonchev–Trinajstić information content (AvgIpc) is 1.89. The van der Waals surface area contributed by atoms with Gasteiger partial charge >= 0.3 is 4.57 Å². The first-order valence-electron chi connectivity index (χ1n) is 2.61. The molecule has 54 valence electrons. The first-order valence-corrected chi connectivity index (χ1v) is 3.40. The average molecular weight is 205 g/mol. The summed E-state index contributed by atoms with van der Waals surface area (Å²) < 4.78 is -1.30. The number of hydrogen-bond donors (Lipinski definition) is 1. The van der Waals surface area contributed by atoms with E-state index in [9.17, 15) is 10.1 Å². The second-order valence-electron chi connectivity index (χ2n) is 1.79. The lowest BCUT2D eigenvalue weighted by Gasteiger charge is -2.16. The van der Waals surface area contributed by atoms with Gasteiger partial charge < -0.3 is 5.32 Å². The van der Waals surface area contributed by atoms with Crippen molar-refractivity contribution in [2.24, 2.45) is 0 Å². The Morgan fingerprint density at radius 2 is 2.30 bits per heavy atom. The zero-order chi connectivity index (χ0) is 7.61. The van der Waals surface area contributed by atoms with Gasteiger partial charge in [-0.15, -0.1) is 0 Å². The Labute approximate surface area is 65.9 Å². The Kier molecular flexibility index (Phi) is 1.76. The molecule has 0 aliphatic carbocycles. The van der Waals surface area contributed by atoms with E-state index < -0.39 is 9.50 Å². The second-order valence-corrected chi connectivity index (χ2v) is 3.00. The van der Waals surface area contributed by atoms with Gasteiger partial charge in [-0.25, -0.2) is 0 Å². The molecule has 0 spiro atoms. The lowest BCUT2D eigenvalue weighted by molar-refractivity contribution is -0.526. The van der Waals surface area contributed by atoms with E-state index in [1.807, 2.05) is 0 Å². The van der Waals surface area contributed by atoms with Gasteiger partial charge in [0.05, 0.1) is 4.92 Å². The van der Waals surface area contributed by atoms with Crippen molar-refractivity contribution in [1.82, 2.24) is 5.32 Å². The highest BCUT2D eigenvalue weighted by Gasteiger charge is 2.35. The third kappa shape index (κ3) is 1.18. The van der Waals surface area contributed by atoms with E-state index >= 15 is 0 Å². The monoisotopic (exact) mass is 204 g/mol. The van der Waals surface area contributed by atoms with E-state index in [1.165, 1.54) is 12.3 Å². The van der Waals surface area contributed by atoms with Crippen LogP contribution in [0.2, 0.25) is 0 Å². The molecule has 10 heavy (non-hydrogen) atoms. The molecular formula is C5H5BrN2O2. The number of rotatable bonds is 1. The summed E-state index contributed by atoms with van der Waals surface area (Å²) in [5.74, 6) is 0. The number of nitrogens with zero attached hydrogens (tertiary/aromatic N) is 1. The number of nitro groups is 1. The standard InChI is InChI=1S/C5H5BrN2O2/c6-5(8(9)10)3-1-2-4-7-5/h1-4,7H. The van der Waals surface area contributed by atoms with Crippen LogP contribution >= 0.6 is 15.9 Å². The molecule has 0 saturated heterocycles. The number of nitrogens with one attached hydrogen (secondary N) is 1. The highest BCUT2D eigenvalue weighted by atomic mass is 79.9. The van der Waals surface area contributed by atoms with Crippen molar-refractivity contribution in [2.45, 2.75) is 4.57 Å². The summed E-state index contributed by atoms with van der Waals surface area (Å²) in [5.41, 5.74) is 0. The fourth-order valence-corrected chi connectivity index (χ4v) is 0.850. The number of hydrogen-bond acceptors (Lipinski definition) is 3. The number of dihydropyridines is 1. The van der Waals surface area contributed by atoms with Gasteiger partial charge in [-0.2, -0.15) is 0 Å². The Hall–Kier alpha value is -0.840. The molecule has 1 rings (SSSR count). The minimum absolute atomic E-state index is 0.451. The molecule has 0 aromatic heterocycles. The molecule has 0 fully saturated rings. The third-order valence-electron chi connectivity index (χ3n) is 1.08. The molecule has 0 radical (unpaired) electrons. The van der Waals surface area contributed by atoms with Gasteiger partial charge in [-0.3, -0.25) is 10.1 Å². The summed E-state index contributed by atoms with van der Waals surface area (Å²) >= 11 is 2.91. The minimum atomic E-state index is -1.30. The van der Waals surface area contributed by atoms with E-state index in [2.05, 4.69) is 21.2 Å². The van der Waals surface area contributed by atoms with Crippen LogP contribution in [0.15, 0.2) is 24.4 Å².